The quantitative estimate of drug-likeness (QED) is 0.157. The monoisotopic (exact) mass is 437 g/mol. The van der Waals surface area contributed by atoms with Crippen molar-refractivity contribution in [2.24, 2.45) is 0 Å². The molecule has 0 saturated carbocycles. The Labute approximate surface area is 194 Å². The van der Waals surface area contributed by atoms with Gasteiger partial charge in [0.1, 0.15) is 5.75 Å². The molecule has 1 aromatic heterocycles. The van der Waals surface area contributed by atoms with E-state index in [9.17, 15) is 4.79 Å². The minimum absolute atomic E-state index is 0.351. The van der Waals surface area contributed by atoms with Crippen LogP contribution in [0.3, 0.4) is 0 Å². The molecule has 0 unspecified atom stereocenters. The molecule has 0 bridgehead atoms. The molecule has 174 valence electrons. The molecule has 0 amide bonds. The summed E-state index contributed by atoms with van der Waals surface area (Å²) in [6.45, 7) is 6.07. The van der Waals surface area contributed by atoms with E-state index in [1.165, 1.54) is 43.7 Å². The number of nitrogens with zero attached hydrogens (tertiary/aromatic N) is 1. The van der Waals surface area contributed by atoms with Gasteiger partial charge in [-0.2, -0.15) is 0 Å². The van der Waals surface area contributed by atoms with Crippen LogP contribution in [0.5, 0.6) is 5.75 Å². The number of allylic oxidation sites excluding steroid dienone is 1. The zero-order valence-electron chi connectivity index (χ0n) is 19.9. The van der Waals surface area contributed by atoms with Crippen LogP contribution in [-0.4, -0.2) is 24.2 Å². The fourth-order valence-electron chi connectivity index (χ4n) is 3.43. The van der Waals surface area contributed by atoms with Crippen molar-refractivity contribution in [3.63, 3.8) is 0 Å². The molecule has 4 heteroatoms. The van der Waals surface area contributed by atoms with Gasteiger partial charge in [0.15, 0.2) is 0 Å². The molecule has 0 fully saturated rings. The van der Waals surface area contributed by atoms with Crippen LogP contribution in [0.2, 0.25) is 0 Å². The van der Waals surface area contributed by atoms with Gasteiger partial charge in [-0.05, 0) is 56.2 Å². The number of pyridine rings is 1. The van der Waals surface area contributed by atoms with Gasteiger partial charge < -0.3 is 9.47 Å². The predicted molar refractivity (Wildman–Crippen MR) is 132 cm³/mol. The van der Waals surface area contributed by atoms with Gasteiger partial charge in [-0.3, -0.25) is 4.98 Å². The lowest BCUT2D eigenvalue weighted by atomic mass is 10.0. The van der Waals surface area contributed by atoms with Crippen molar-refractivity contribution in [3.05, 3.63) is 60.3 Å². The second-order valence-corrected chi connectivity index (χ2v) is 8.17. The molecule has 0 saturated heterocycles. The summed E-state index contributed by atoms with van der Waals surface area (Å²) in [4.78, 5) is 16.4. The highest BCUT2D eigenvalue weighted by Crippen LogP contribution is 2.21. The van der Waals surface area contributed by atoms with Gasteiger partial charge in [-0.1, -0.05) is 69.9 Å². The van der Waals surface area contributed by atoms with Crippen LogP contribution < -0.4 is 4.74 Å². The minimum Gasteiger partial charge on any atom is -0.422 e. The van der Waals surface area contributed by atoms with Gasteiger partial charge >= 0.3 is 5.97 Å². The van der Waals surface area contributed by atoms with Crippen molar-refractivity contribution in [1.29, 1.82) is 0 Å². The first-order chi connectivity index (χ1) is 15.7. The largest absolute Gasteiger partial charge is 0.422 e. The summed E-state index contributed by atoms with van der Waals surface area (Å²) in [5.74, 6) is 0.116. The number of hydrogen-bond acceptors (Lipinski definition) is 4. The number of benzene rings is 1. The molecule has 0 radical (unpaired) electrons. The summed E-state index contributed by atoms with van der Waals surface area (Å²) < 4.78 is 10.9. The third kappa shape index (κ3) is 10.7. The first-order valence-electron chi connectivity index (χ1n) is 12.2. The van der Waals surface area contributed by atoms with E-state index in [0.29, 0.717) is 5.75 Å². The van der Waals surface area contributed by atoms with Crippen LogP contribution >= 0.6 is 0 Å². The minimum atomic E-state index is -0.351. The van der Waals surface area contributed by atoms with E-state index in [-0.39, 0.29) is 5.97 Å². The average molecular weight is 438 g/mol. The molecular weight excluding hydrogens is 398 g/mol. The summed E-state index contributed by atoms with van der Waals surface area (Å²) in [6, 6.07) is 12.2. The molecule has 0 N–H and O–H groups in total. The first-order valence-corrected chi connectivity index (χ1v) is 12.2. The van der Waals surface area contributed by atoms with Crippen molar-refractivity contribution < 1.29 is 14.3 Å². The van der Waals surface area contributed by atoms with Crippen molar-refractivity contribution in [1.82, 2.24) is 4.98 Å². The molecule has 0 spiro atoms. The number of unbranched alkanes of at least 4 members (excludes halogenated alkanes) is 6. The molecule has 1 heterocycles. The molecule has 0 atom stereocenters. The van der Waals surface area contributed by atoms with Crippen LogP contribution in [0.1, 0.15) is 77.2 Å². The second-order valence-electron chi connectivity index (χ2n) is 8.17. The van der Waals surface area contributed by atoms with E-state index < -0.39 is 0 Å². The molecule has 4 nitrogen and oxygen atoms in total. The highest BCUT2D eigenvalue weighted by molar-refractivity contribution is 5.84. The SMILES string of the molecule is CCCCCC/C=C/C(=O)Oc1ccc(-c2ccc(CCCCCOCCC)cc2)nc1. The number of carbonyl (C=O) groups is 1. The average Bonchev–Trinajstić information content (AvgIpc) is 2.82. The second kappa shape index (κ2) is 16.2. The molecule has 1 aromatic carbocycles. The van der Waals surface area contributed by atoms with Crippen LogP contribution in [0.4, 0.5) is 0 Å². The zero-order valence-corrected chi connectivity index (χ0v) is 19.9. The lowest BCUT2D eigenvalue weighted by Crippen LogP contribution is -2.04. The van der Waals surface area contributed by atoms with E-state index >= 15 is 0 Å². The number of carbonyl (C=O) groups excluding carboxylic acids is 1. The van der Waals surface area contributed by atoms with E-state index in [4.69, 9.17) is 9.47 Å². The number of esters is 1. The van der Waals surface area contributed by atoms with Gasteiger partial charge in [0.25, 0.3) is 0 Å². The molecule has 2 aromatic rings. The van der Waals surface area contributed by atoms with Crippen LogP contribution in [0.25, 0.3) is 11.3 Å². The number of rotatable bonds is 16. The van der Waals surface area contributed by atoms with Crippen LogP contribution in [-0.2, 0) is 16.0 Å². The fraction of sp³-hybridized carbons (Fsp3) is 0.500. The van der Waals surface area contributed by atoms with Gasteiger partial charge in [-0.25, -0.2) is 4.79 Å². The van der Waals surface area contributed by atoms with Gasteiger partial charge in [0.2, 0.25) is 0 Å². The fourth-order valence-corrected chi connectivity index (χ4v) is 3.43. The predicted octanol–water partition coefficient (Wildman–Crippen LogP) is 7.32. The lowest BCUT2D eigenvalue weighted by Gasteiger charge is -2.06. The summed E-state index contributed by atoms with van der Waals surface area (Å²) >= 11 is 0. The van der Waals surface area contributed by atoms with E-state index in [0.717, 1.165) is 56.6 Å². The maximum atomic E-state index is 11.9. The van der Waals surface area contributed by atoms with Crippen LogP contribution in [0, 0.1) is 0 Å². The number of aryl methyl sites for hydroxylation is 1. The van der Waals surface area contributed by atoms with Crippen LogP contribution in [0.15, 0.2) is 54.7 Å². The summed E-state index contributed by atoms with van der Waals surface area (Å²) in [6.07, 6.45) is 16.4. The third-order valence-electron chi connectivity index (χ3n) is 5.29. The highest BCUT2D eigenvalue weighted by atomic mass is 16.5. The van der Waals surface area contributed by atoms with Crippen molar-refractivity contribution in [2.45, 2.75) is 78.1 Å². The van der Waals surface area contributed by atoms with E-state index in [1.54, 1.807) is 12.3 Å². The Bertz CT molecular complexity index is 781. The molecule has 2 rings (SSSR count). The van der Waals surface area contributed by atoms with Gasteiger partial charge in [0.05, 0.1) is 11.9 Å². The molecule has 32 heavy (non-hydrogen) atoms. The number of hydrogen-bond donors (Lipinski definition) is 0. The Morgan fingerprint density at radius 1 is 0.875 bits per heavy atom. The van der Waals surface area contributed by atoms with Crippen molar-refractivity contribution in [3.8, 4) is 17.0 Å². The third-order valence-corrected chi connectivity index (χ3v) is 5.29. The summed E-state index contributed by atoms with van der Waals surface area (Å²) in [5.41, 5.74) is 3.28. The number of aromatic nitrogens is 1. The van der Waals surface area contributed by atoms with Gasteiger partial charge in [0, 0.05) is 24.9 Å². The Morgan fingerprint density at radius 3 is 2.41 bits per heavy atom. The molecular formula is C28H39NO3. The summed E-state index contributed by atoms with van der Waals surface area (Å²) in [5, 5.41) is 0. The standard InChI is InChI=1S/C28H39NO3/c1-3-5-6-7-8-11-14-28(30)32-26-19-20-27(29-23-26)25-17-15-24(16-18-25)13-10-9-12-22-31-21-4-2/h11,14-20,23H,3-10,12-13,21-22H2,1-2H3/b14-11+. The summed E-state index contributed by atoms with van der Waals surface area (Å²) in [7, 11) is 0. The van der Waals surface area contributed by atoms with E-state index in [2.05, 4.69) is 43.1 Å². The van der Waals surface area contributed by atoms with Crippen molar-refractivity contribution >= 4 is 5.97 Å². The molecule has 0 aliphatic heterocycles. The Hall–Kier alpha value is -2.46. The van der Waals surface area contributed by atoms with Gasteiger partial charge in [-0.15, -0.1) is 0 Å². The number of ether oxygens (including phenoxy) is 2. The topological polar surface area (TPSA) is 48.4 Å². The Balaban J connectivity index is 1.72. The Morgan fingerprint density at radius 2 is 1.69 bits per heavy atom. The maximum absolute atomic E-state index is 11.9. The maximum Gasteiger partial charge on any atom is 0.335 e. The zero-order chi connectivity index (χ0) is 22.9. The van der Waals surface area contributed by atoms with Crippen molar-refractivity contribution in [2.75, 3.05) is 13.2 Å². The first kappa shape index (κ1) is 25.8. The van der Waals surface area contributed by atoms with E-state index in [1.807, 2.05) is 12.1 Å². The smallest absolute Gasteiger partial charge is 0.335 e. The molecule has 0 aliphatic rings. The Kier molecular flexibility index (Phi) is 13.1. The normalized spacial score (nSPS) is 11.2. The lowest BCUT2D eigenvalue weighted by molar-refractivity contribution is -0.129. The molecule has 0 aliphatic carbocycles. The highest BCUT2D eigenvalue weighted by Gasteiger charge is 2.04.